The van der Waals surface area contributed by atoms with E-state index >= 15 is 0 Å². The molecule has 12 heavy (non-hydrogen) atoms. The Balaban J connectivity index is 4.27. The van der Waals surface area contributed by atoms with Gasteiger partial charge in [0.25, 0.3) is 0 Å². The molecule has 0 amide bonds. The molecule has 0 N–H and O–H groups in total. The number of hydrogen-bond acceptors (Lipinski definition) is 2. The fraction of sp³-hybridized carbons (Fsp3) is 0.300. The van der Waals surface area contributed by atoms with Crippen LogP contribution in [0.4, 0.5) is 0 Å². The molecule has 0 heterocycles. The molecule has 0 bridgehead atoms. The second-order valence-electron chi connectivity index (χ2n) is 2.61. The van der Waals surface area contributed by atoms with Gasteiger partial charge in [0.2, 0.25) is 0 Å². The highest BCUT2D eigenvalue weighted by Crippen LogP contribution is 2.05. The zero-order valence-electron chi connectivity index (χ0n) is 7.50. The van der Waals surface area contributed by atoms with Crippen LogP contribution < -0.4 is 0 Å². The zero-order valence-corrected chi connectivity index (χ0v) is 8.32. The second kappa shape index (κ2) is 6.71. The topological polar surface area (TPSA) is 12.4 Å². The maximum Gasteiger partial charge on any atom is 0.0634 e. The van der Waals surface area contributed by atoms with Crippen molar-refractivity contribution in [3.8, 4) is 0 Å². The minimum atomic E-state index is 0.854. The number of nitrogens with zero attached hydrogens (tertiary/aromatic N) is 1. The monoisotopic (exact) mass is 179 g/mol. The molecule has 0 aromatic heterocycles. The summed E-state index contributed by atoms with van der Waals surface area (Å²) in [6.07, 6.45) is 6.42. The largest absolute Gasteiger partial charge is 0.202 e. The van der Waals surface area contributed by atoms with E-state index < -0.39 is 0 Å². The Hall–Kier alpha value is -0.980. The summed E-state index contributed by atoms with van der Waals surface area (Å²) in [5, 5.41) is 2.28. The molecule has 1 nitrogen and oxygen atoms in total. The highest BCUT2D eigenvalue weighted by Gasteiger charge is 1.86. The van der Waals surface area contributed by atoms with Crippen LogP contribution in [0, 0.1) is 0 Å². The van der Waals surface area contributed by atoms with Crippen molar-refractivity contribution in [2.45, 2.75) is 20.3 Å². The van der Waals surface area contributed by atoms with Crippen molar-refractivity contribution in [2.24, 2.45) is 4.99 Å². The van der Waals surface area contributed by atoms with Crippen molar-refractivity contribution in [3.05, 3.63) is 36.1 Å². The van der Waals surface area contributed by atoms with Gasteiger partial charge in [-0.25, -0.2) is 4.99 Å². The van der Waals surface area contributed by atoms with Crippen molar-refractivity contribution in [2.75, 3.05) is 0 Å². The van der Waals surface area contributed by atoms with Gasteiger partial charge in [-0.2, -0.15) is 0 Å². The van der Waals surface area contributed by atoms with Gasteiger partial charge in [-0.05, 0) is 38.1 Å². The average Bonchev–Trinajstić information content (AvgIpc) is 2.05. The highest BCUT2D eigenvalue weighted by molar-refractivity contribution is 7.78. The molecule has 64 valence electrons. The van der Waals surface area contributed by atoms with Crippen LogP contribution in [0.1, 0.15) is 20.3 Å². The SMILES string of the molecule is C=C/C(=C\N=C=S)CC=C(C)C. The third kappa shape index (κ3) is 5.78. The van der Waals surface area contributed by atoms with Crippen molar-refractivity contribution < 1.29 is 0 Å². The number of thiocarbonyl (C=S) groups is 1. The molecule has 0 aromatic carbocycles. The predicted molar refractivity (Wildman–Crippen MR) is 57.4 cm³/mol. The van der Waals surface area contributed by atoms with Crippen LogP contribution in [0.2, 0.25) is 0 Å². The molecule has 0 unspecified atom stereocenters. The molecule has 0 saturated carbocycles. The van der Waals surface area contributed by atoms with E-state index in [9.17, 15) is 0 Å². The first-order valence-electron chi connectivity index (χ1n) is 3.72. The third-order valence-corrected chi connectivity index (χ3v) is 1.40. The van der Waals surface area contributed by atoms with Crippen LogP contribution in [-0.2, 0) is 0 Å². The van der Waals surface area contributed by atoms with Gasteiger partial charge in [-0.15, -0.1) is 0 Å². The lowest BCUT2D eigenvalue weighted by Gasteiger charge is -1.94. The molecule has 0 atom stereocenters. The second-order valence-corrected chi connectivity index (χ2v) is 2.80. The third-order valence-electron chi connectivity index (χ3n) is 1.29. The lowest BCUT2D eigenvalue weighted by molar-refractivity contribution is 1.21. The minimum absolute atomic E-state index is 0.854. The van der Waals surface area contributed by atoms with Crippen molar-refractivity contribution in [1.82, 2.24) is 0 Å². The summed E-state index contributed by atoms with van der Waals surface area (Å²) in [6.45, 7) is 7.79. The van der Waals surface area contributed by atoms with E-state index in [0.29, 0.717) is 0 Å². The molecule has 2 heteroatoms. The van der Waals surface area contributed by atoms with Gasteiger partial charge in [-0.1, -0.05) is 24.3 Å². The lowest BCUT2D eigenvalue weighted by atomic mass is 10.1. The summed E-state index contributed by atoms with van der Waals surface area (Å²) in [4.78, 5) is 3.72. The van der Waals surface area contributed by atoms with Crippen molar-refractivity contribution >= 4 is 17.4 Å². The maximum absolute atomic E-state index is 4.44. The van der Waals surface area contributed by atoms with Gasteiger partial charge in [0.05, 0.1) is 5.16 Å². The Morgan fingerprint density at radius 1 is 1.58 bits per heavy atom. The van der Waals surface area contributed by atoms with Crippen molar-refractivity contribution in [3.63, 3.8) is 0 Å². The van der Waals surface area contributed by atoms with Crippen LogP contribution >= 0.6 is 12.2 Å². The number of isothiocyanates is 1. The number of hydrogen-bond donors (Lipinski definition) is 0. The fourth-order valence-corrected chi connectivity index (χ4v) is 0.673. The summed E-state index contributed by atoms with van der Waals surface area (Å²) in [6, 6.07) is 0. The van der Waals surface area contributed by atoms with Gasteiger partial charge < -0.3 is 0 Å². The molecular formula is C10H13NS. The van der Waals surface area contributed by atoms with Gasteiger partial charge in [0.1, 0.15) is 0 Å². The quantitative estimate of drug-likeness (QED) is 0.278. The minimum Gasteiger partial charge on any atom is -0.202 e. The zero-order chi connectivity index (χ0) is 9.40. The van der Waals surface area contributed by atoms with E-state index in [-0.39, 0.29) is 0 Å². The van der Waals surface area contributed by atoms with E-state index in [1.165, 1.54) is 5.57 Å². The first-order valence-corrected chi connectivity index (χ1v) is 4.13. The molecule has 0 saturated heterocycles. The molecule has 0 aliphatic carbocycles. The predicted octanol–water partition coefficient (Wildman–Crippen LogP) is 3.52. The Morgan fingerprint density at radius 3 is 2.67 bits per heavy atom. The van der Waals surface area contributed by atoms with Gasteiger partial charge in [0.15, 0.2) is 0 Å². The molecule has 0 aliphatic heterocycles. The molecule has 0 radical (unpaired) electrons. The van der Waals surface area contributed by atoms with E-state index in [1.807, 2.05) is 0 Å². The smallest absolute Gasteiger partial charge is 0.0634 e. The highest BCUT2D eigenvalue weighted by atomic mass is 32.1. The van der Waals surface area contributed by atoms with E-state index in [2.05, 4.69) is 48.9 Å². The fourth-order valence-electron chi connectivity index (χ4n) is 0.620. The summed E-state index contributed by atoms with van der Waals surface area (Å²) < 4.78 is 0. The van der Waals surface area contributed by atoms with E-state index in [4.69, 9.17) is 0 Å². The van der Waals surface area contributed by atoms with Crippen LogP contribution in [-0.4, -0.2) is 5.16 Å². The summed E-state index contributed by atoms with van der Waals surface area (Å²) in [5.74, 6) is 0. The first-order chi connectivity index (χ1) is 5.70. The van der Waals surface area contributed by atoms with Crippen LogP contribution in [0.3, 0.4) is 0 Å². The Bertz CT molecular complexity index is 251. The first kappa shape index (κ1) is 11.0. The van der Waals surface area contributed by atoms with E-state index in [0.717, 1.165) is 12.0 Å². The Kier molecular flexibility index (Phi) is 6.16. The molecular weight excluding hydrogens is 166 g/mol. The van der Waals surface area contributed by atoms with Crippen molar-refractivity contribution in [1.29, 1.82) is 0 Å². The number of allylic oxidation sites excluding steroid dienone is 4. The molecule has 0 rings (SSSR count). The summed E-state index contributed by atoms with van der Waals surface area (Å²) in [5.41, 5.74) is 2.34. The maximum atomic E-state index is 4.44. The van der Waals surface area contributed by atoms with Crippen LogP contribution in [0.5, 0.6) is 0 Å². The van der Waals surface area contributed by atoms with Gasteiger partial charge >= 0.3 is 0 Å². The normalized spacial score (nSPS) is 10.0. The molecule has 0 fully saturated rings. The number of rotatable bonds is 4. The number of aliphatic imine (C=N–C) groups is 1. The lowest BCUT2D eigenvalue weighted by Crippen LogP contribution is -1.74. The van der Waals surface area contributed by atoms with Gasteiger partial charge in [-0.3, -0.25) is 0 Å². The average molecular weight is 179 g/mol. The standard InChI is InChI=1S/C10H13NS/c1-4-10(7-11-8-12)6-5-9(2)3/h4-5,7H,1,6H2,2-3H3/b10-7+. The van der Waals surface area contributed by atoms with Crippen LogP contribution in [0.15, 0.2) is 41.1 Å². The van der Waals surface area contributed by atoms with Crippen LogP contribution in [0.25, 0.3) is 0 Å². The molecule has 0 aromatic rings. The van der Waals surface area contributed by atoms with E-state index in [1.54, 1.807) is 12.3 Å². The summed E-state index contributed by atoms with van der Waals surface area (Å²) >= 11 is 4.44. The Labute approximate surface area is 79.2 Å². The molecule has 0 spiro atoms. The van der Waals surface area contributed by atoms with Gasteiger partial charge in [0, 0.05) is 6.20 Å². The molecule has 0 aliphatic rings. The summed E-state index contributed by atoms with van der Waals surface area (Å²) in [7, 11) is 0. The Morgan fingerprint density at radius 2 is 2.25 bits per heavy atom.